The van der Waals surface area contributed by atoms with Crippen molar-refractivity contribution < 1.29 is 0 Å². The van der Waals surface area contributed by atoms with Crippen LogP contribution in [0.5, 0.6) is 0 Å². The summed E-state index contributed by atoms with van der Waals surface area (Å²) in [7, 11) is 0. The zero-order chi connectivity index (χ0) is 8.72. The Bertz CT molecular complexity index is 315. The molecule has 0 aromatic heterocycles. The summed E-state index contributed by atoms with van der Waals surface area (Å²) in [6.45, 7) is 4.32. The number of aryl methyl sites for hydroxylation is 2. The molecule has 12 heavy (non-hydrogen) atoms. The van der Waals surface area contributed by atoms with Crippen LogP contribution in [-0.2, 0) is 6.42 Å². The van der Waals surface area contributed by atoms with E-state index in [1.807, 2.05) is 0 Å². The Balaban J connectivity index is 2.60. The predicted octanol–water partition coefficient (Wildman–Crippen LogP) is 2.25. The highest BCUT2D eigenvalue weighted by molar-refractivity contribution is 5.42. The maximum atomic E-state index is 5.98. The zero-order valence-electron chi connectivity index (χ0n) is 7.72. The molecule has 0 bridgehead atoms. The van der Waals surface area contributed by atoms with Gasteiger partial charge in [-0.25, -0.2) is 0 Å². The largest absolute Gasteiger partial charge is 0.324 e. The van der Waals surface area contributed by atoms with Gasteiger partial charge in [-0.2, -0.15) is 0 Å². The normalized spacial score (nSPS) is 21.1. The van der Waals surface area contributed by atoms with Gasteiger partial charge in [0.1, 0.15) is 0 Å². The second kappa shape index (κ2) is 2.60. The number of hydrogen-bond acceptors (Lipinski definition) is 1. The molecule has 0 radical (unpaired) electrons. The molecule has 1 atom stereocenters. The van der Waals surface area contributed by atoms with Gasteiger partial charge in [-0.3, -0.25) is 0 Å². The van der Waals surface area contributed by atoms with Gasteiger partial charge < -0.3 is 5.73 Å². The van der Waals surface area contributed by atoms with Crippen LogP contribution in [0.4, 0.5) is 0 Å². The lowest BCUT2D eigenvalue weighted by Crippen LogP contribution is -2.05. The topological polar surface area (TPSA) is 26.0 Å². The lowest BCUT2D eigenvalue weighted by molar-refractivity contribution is 0.713. The van der Waals surface area contributed by atoms with Crippen molar-refractivity contribution in [2.45, 2.75) is 32.7 Å². The lowest BCUT2D eigenvalue weighted by atomic mass is 10.0. The fourth-order valence-electron chi connectivity index (χ4n) is 2.16. The van der Waals surface area contributed by atoms with Gasteiger partial charge >= 0.3 is 0 Å². The second-order valence-electron chi connectivity index (χ2n) is 3.79. The molecule has 2 rings (SSSR count). The maximum absolute atomic E-state index is 5.98. The van der Waals surface area contributed by atoms with Crippen molar-refractivity contribution in [3.05, 3.63) is 34.4 Å². The number of benzene rings is 1. The standard InChI is InChI=1S/C11H15N/c1-7-5-8(2)9-3-4-11(12)10(9)6-7/h5-6,11H,3-4,12H2,1-2H3/t11-/m1/s1. The highest BCUT2D eigenvalue weighted by Crippen LogP contribution is 2.32. The van der Waals surface area contributed by atoms with Gasteiger partial charge in [0.15, 0.2) is 0 Å². The SMILES string of the molecule is Cc1cc(C)c2c(c1)[C@H](N)CC2. The van der Waals surface area contributed by atoms with E-state index in [1.54, 1.807) is 0 Å². The molecule has 1 aromatic rings. The third-order valence-electron chi connectivity index (χ3n) is 2.76. The van der Waals surface area contributed by atoms with E-state index >= 15 is 0 Å². The summed E-state index contributed by atoms with van der Waals surface area (Å²) in [5, 5.41) is 0. The summed E-state index contributed by atoms with van der Waals surface area (Å²) in [5.41, 5.74) is 11.6. The molecular weight excluding hydrogens is 146 g/mol. The summed E-state index contributed by atoms with van der Waals surface area (Å²) >= 11 is 0. The average Bonchev–Trinajstić information content (AvgIpc) is 2.33. The summed E-state index contributed by atoms with van der Waals surface area (Å²) in [5.74, 6) is 0. The minimum absolute atomic E-state index is 0.290. The Morgan fingerprint density at radius 3 is 2.83 bits per heavy atom. The number of fused-ring (bicyclic) bond motifs is 1. The van der Waals surface area contributed by atoms with E-state index in [4.69, 9.17) is 5.73 Å². The first-order chi connectivity index (χ1) is 5.68. The van der Waals surface area contributed by atoms with Gasteiger partial charge in [-0.1, -0.05) is 17.7 Å². The van der Waals surface area contributed by atoms with E-state index in [-0.39, 0.29) is 0 Å². The van der Waals surface area contributed by atoms with Crippen LogP contribution in [0, 0.1) is 13.8 Å². The van der Waals surface area contributed by atoms with Crippen molar-refractivity contribution in [1.29, 1.82) is 0 Å². The molecule has 1 aliphatic carbocycles. The van der Waals surface area contributed by atoms with Crippen molar-refractivity contribution in [3.8, 4) is 0 Å². The second-order valence-corrected chi connectivity index (χ2v) is 3.79. The molecule has 0 saturated heterocycles. The molecule has 0 amide bonds. The molecule has 0 heterocycles. The predicted molar refractivity (Wildman–Crippen MR) is 51.2 cm³/mol. The molecule has 0 fully saturated rings. The Kier molecular flexibility index (Phi) is 1.69. The van der Waals surface area contributed by atoms with E-state index in [0.29, 0.717) is 6.04 Å². The number of hydrogen-bond donors (Lipinski definition) is 1. The van der Waals surface area contributed by atoms with Crippen LogP contribution >= 0.6 is 0 Å². The van der Waals surface area contributed by atoms with Gasteiger partial charge in [-0.15, -0.1) is 0 Å². The molecule has 1 nitrogen and oxygen atoms in total. The van der Waals surface area contributed by atoms with Gasteiger partial charge in [0.05, 0.1) is 0 Å². The Morgan fingerprint density at radius 1 is 1.33 bits per heavy atom. The zero-order valence-corrected chi connectivity index (χ0v) is 7.72. The fraction of sp³-hybridized carbons (Fsp3) is 0.455. The van der Waals surface area contributed by atoms with Crippen molar-refractivity contribution in [1.82, 2.24) is 0 Å². The van der Waals surface area contributed by atoms with Crippen molar-refractivity contribution in [2.24, 2.45) is 5.73 Å². The van der Waals surface area contributed by atoms with Crippen LogP contribution in [0.3, 0.4) is 0 Å². The summed E-state index contributed by atoms with van der Waals surface area (Å²) in [6, 6.07) is 4.77. The molecule has 1 aliphatic rings. The van der Waals surface area contributed by atoms with E-state index in [2.05, 4.69) is 26.0 Å². The van der Waals surface area contributed by atoms with Crippen LogP contribution in [0.15, 0.2) is 12.1 Å². The molecule has 0 aliphatic heterocycles. The molecule has 0 saturated carbocycles. The smallest absolute Gasteiger partial charge is 0.0300 e. The minimum Gasteiger partial charge on any atom is -0.324 e. The number of rotatable bonds is 0. The first-order valence-electron chi connectivity index (χ1n) is 4.54. The van der Waals surface area contributed by atoms with Gasteiger partial charge in [-0.05, 0) is 43.4 Å². The quantitative estimate of drug-likeness (QED) is 0.620. The molecule has 0 unspecified atom stereocenters. The maximum Gasteiger partial charge on any atom is 0.0300 e. The Hall–Kier alpha value is -0.820. The van der Waals surface area contributed by atoms with Gasteiger partial charge in [0.2, 0.25) is 0 Å². The van der Waals surface area contributed by atoms with Crippen LogP contribution < -0.4 is 5.73 Å². The molecule has 1 aromatic carbocycles. The van der Waals surface area contributed by atoms with Crippen molar-refractivity contribution in [2.75, 3.05) is 0 Å². The summed E-state index contributed by atoms with van der Waals surface area (Å²) < 4.78 is 0. The van der Waals surface area contributed by atoms with Crippen molar-refractivity contribution >= 4 is 0 Å². The van der Waals surface area contributed by atoms with Gasteiger partial charge in [0, 0.05) is 6.04 Å². The first kappa shape index (κ1) is 7.81. The monoisotopic (exact) mass is 161 g/mol. The minimum atomic E-state index is 0.290. The highest BCUT2D eigenvalue weighted by atomic mass is 14.6. The van der Waals surface area contributed by atoms with E-state index in [9.17, 15) is 0 Å². The average molecular weight is 161 g/mol. The lowest BCUT2D eigenvalue weighted by Gasteiger charge is -2.08. The highest BCUT2D eigenvalue weighted by Gasteiger charge is 2.20. The molecule has 1 heteroatoms. The fourth-order valence-corrected chi connectivity index (χ4v) is 2.16. The molecule has 2 N–H and O–H groups in total. The van der Waals surface area contributed by atoms with Crippen LogP contribution in [0.25, 0.3) is 0 Å². The third kappa shape index (κ3) is 1.05. The van der Waals surface area contributed by atoms with Crippen LogP contribution in [0.1, 0.15) is 34.7 Å². The van der Waals surface area contributed by atoms with Gasteiger partial charge in [0.25, 0.3) is 0 Å². The molecular formula is C11H15N. The van der Waals surface area contributed by atoms with E-state index in [1.165, 1.54) is 28.7 Å². The Morgan fingerprint density at radius 2 is 2.08 bits per heavy atom. The van der Waals surface area contributed by atoms with Crippen LogP contribution in [0.2, 0.25) is 0 Å². The van der Waals surface area contributed by atoms with Crippen molar-refractivity contribution in [3.63, 3.8) is 0 Å². The third-order valence-corrected chi connectivity index (χ3v) is 2.76. The summed E-state index contributed by atoms with van der Waals surface area (Å²) in [4.78, 5) is 0. The van der Waals surface area contributed by atoms with E-state index < -0.39 is 0 Å². The Labute approximate surface area is 73.6 Å². The molecule has 64 valence electrons. The van der Waals surface area contributed by atoms with Crippen LogP contribution in [-0.4, -0.2) is 0 Å². The van der Waals surface area contributed by atoms with E-state index in [0.717, 1.165) is 6.42 Å². The summed E-state index contributed by atoms with van der Waals surface area (Å²) in [6.07, 6.45) is 2.29. The number of nitrogens with two attached hydrogens (primary N) is 1. The molecule has 0 spiro atoms. The first-order valence-corrected chi connectivity index (χ1v) is 4.54.